The fourth-order valence-electron chi connectivity index (χ4n) is 1.85. The molecule has 1 aromatic heterocycles. The van der Waals surface area contributed by atoms with E-state index in [9.17, 15) is 8.42 Å². The Balaban J connectivity index is 2.28. The summed E-state index contributed by atoms with van der Waals surface area (Å²) in [5.74, 6) is 0. The average Bonchev–Trinajstić information content (AvgIpc) is 2.89. The smallest absolute Gasteiger partial charge is 0.279 e. The molecular weight excluding hydrogens is 356 g/mol. The van der Waals surface area contributed by atoms with Crippen LogP contribution in [0.4, 0.5) is 5.69 Å². The van der Waals surface area contributed by atoms with Crippen molar-refractivity contribution in [2.24, 2.45) is 0 Å². The SMILES string of the molecule is CCNCc1cn[nH]c1S(=O)(=O)Nc1ccc(Br)cc1C. The van der Waals surface area contributed by atoms with Gasteiger partial charge in [-0.3, -0.25) is 9.82 Å². The summed E-state index contributed by atoms with van der Waals surface area (Å²) in [6, 6.07) is 5.36. The minimum absolute atomic E-state index is 0.0887. The molecule has 0 aliphatic rings. The van der Waals surface area contributed by atoms with Crippen LogP contribution in [0.15, 0.2) is 33.9 Å². The number of nitrogens with zero attached hydrogens (tertiary/aromatic N) is 1. The number of nitrogens with one attached hydrogen (secondary N) is 3. The molecule has 0 aliphatic carbocycles. The van der Waals surface area contributed by atoms with Gasteiger partial charge in [0.1, 0.15) is 0 Å². The van der Waals surface area contributed by atoms with Crippen molar-refractivity contribution in [3.63, 3.8) is 0 Å². The summed E-state index contributed by atoms with van der Waals surface area (Å²) < 4.78 is 28.4. The number of halogens is 1. The average molecular weight is 373 g/mol. The maximum Gasteiger partial charge on any atom is 0.279 e. The molecule has 0 fully saturated rings. The summed E-state index contributed by atoms with van der Waals surface area (Å²) in [5, 5.41) is 9.56. The number of aryl methyl sites for hydroxylation is 1. The lowest BCUT2D eigenvalue weighted by Crippen LogP contribution is -2.19. The van der Waals surface area contributed by atoms with E-state index in [4.69, 9.17) is 0 Å². The predicted molar refractivity (Wildman–Crippen MR) is 85.7 cm³/mol. The first kappa shape index (κ1) is 16.0. The van der Waals surface area contributed by atoms with Crippen molar-refractivity contribution in [1.82, 2.24) is 15.5 Å². The Morgan fingerprint density at radius 1 is 1.38 bits per heavy atom. The number of aromatic nitrogens is 2. The minimum Gasteiger partial charge on any atom is -0.313 e. The van der Waals surface area contributed by atoms with E-state index in [0.717, 1.165) is 16.6 Å². The highest BCUT2D eigenvalue weighted by molar-refractivity contribution is 9.10. The Hall–Kier alpha value is -1.38. The maximum atomic E-state index is 12.5. The topological polar surface area (TPSA) is 86.9 Å². The highest BCUT2D eigenvalue weighted by Crippen LogP contribution is 2.23. The van der Waals surface area contributed by atoms with Gasteiger partial charge in [-0.1, -0.05) is 22.9 Å². The van der Waals surface area contributed by atoms with Gasteiger partial charge >= 0.3 is 0 Å². The standard InChI is InChI=1S/C13H17BrN4O2S/c1-3-15-7-10-8-16-17-13(10)21(19,20)18-12-5-4-11(14)6-9(12)2/h4-6,8,15,18H,3,7H2,1-2H3,(H,16,17). The number of aromatic amines is 1. The molecule has 114 valence electrons. The Labute approximate surface area is 132 Å². The zero-order valence-electron chi connectivity index (χ0n) is 11.8. The quantitative estimate of drug-likeness (QED) is 0.726. The van der Waals surface area contributed by atoms with E-state index >= 15 is 0 Å². The van der Waals surface area contributed by atoms with Crippen molar-refractivity contribution in [2.45, 2.75) is 25.4 Å². The van der Waals surface area contributed by atoms with Gasteiger partial charge in [0, 0.05) is 16.6 Å². The Kier molecular flexibility index (Phi) is 5.02. The normalized spacial score (nSPS) is 11.6. The van der Waals surface area contributed by atoms with E-state index < -0.39 is 10.0 Å². The van der Waals surface area contributed by atoms with Crippen LogP contribution in [0.5, 0.6) is 0 Å². The monoisotopic (exact) mass is 372 g/mol. The molecule has 0 aliphatic heterocycles. The molecule has 0 amide bonds. The van der Waals surface area contributed by atoms with Gasteiger partial charge in [-0.15, -0.1) is 0 Å². The van der Waals surface area contributed by atoms with Crippen LogP contribution in [0.25, 0.3) is 0 Å². The van der Waals surface area contributed by atoms with Gasteiger partial charge in [0.25, 0.3) is 10.0 Å². The molecule has 0 unspecified atom stereocenters. The zero-order chi connectivity index (χ0) is 15.5. The molecule has 2 aromatic rings. The third-order valence-corrected chi connectivity index (χ3v) is 4.82. The fraction of sp³-hybridized carbons (Fsp3) is 0.308. The summed E-state index contributed by atoms with van der Waals surface area (Å²) in [7, 11) is -3.69. The number of anilines is 1. The lowest BCUT2D eigenvalue weighted by atomic mass is 10.2. The Morgan fingerprint density at radius 2 is 2.14 bits per heavy atom. The van der Waals surface area contributed by atoms with Crippen LogP contribution in [0.2, 0.25) is 0 Å². The summed E-state index contributed by atoms with van der Waals surface area (Å²) in [5.41, 5.74) is 1.99. The maximum absolute atomic E-state index is 12.5. The Morgan fingerprint density at radius 3 is 2.81 bits per heavy atom. The highest BCUT2D eigenvalue weighted by Gasteiger charge is 2.21. The summed E-state index contributed by atoms with van der Waals surface area (Å²) in [6.45, 7) is 5.00. The van der Waals surface area contributed by atoms with Crippen LogP contribution in [-0.4, -0.2) is 25.2 Å². The van der Waals surface area contributed by atoms with E-state index in [1.54, 1.807) is 12.1 Å². The van der Waals surface area contributed by atoms with Crippen LogP contribution >= 0.6 is 15.9 Å². The van der Waals surface area contributed by atoms with E-state index in [-0.39, 0.29) is 5.03 Å². The lowest BCUT2D eigenvalue weighted by Gasteiger charge is -2.11. The van der Waals surface area contributed by atoms with Crippen LogP contribution in [0, 0.1) is 6.92 Å². The zero-order valence-corrected chi connectivity index (χ0v) is 14.2. The minimum atomic E-state index is -3.69. The van der Waals surface area contributed by atoms with Crippen molar-refractivity contribution in [3.8, 4) is 0 Å². The first-order valence-electron chi connectivity index (χ1n) is 6.46. The molecular formula is C13H17BrN4O2S. The van der Waals surface area contributed by atoms with Crippen molar-refractivity contribution in [1.29, 1.82) is 0 Å². The molecule has 0 bridgehead atoms. The van der Waals surface area contributed by atoms with E-state index in [1.165, 1.54) is 6.20 Å². The van der Waals surface area contributed by atoms with Crippen LogP contribution in [0.3, 0.4) is 0 Å². The molecule has 3 N–H and O–H groups in total. The van der Waals surface area contributed by atoms with E-state index in [1.807, 2.05) is 19.9 Å². The number of sulfonamides is 1. The molecule has 0 atom stereocenters. The third-order valence-electron chi connectivity index (χ3n) is 2.95. The second-order valence-corrected chi connectivity index (χ2v) is 7.10. The van der Waals surface area contributed by atoms with Crippen molar-refractivity contribution >= 4 is 31.6 Å². The number of H-pyrrole nitrogens is 1. The van der Waals surface area contributed by atoms with E-state index in [2.05, 4.69) is 36.2 Å². The fourth-order valence-corrected chi connectivity index (χ4v) is 3.59. The molecule has 0 saturated carbocycles. The molecule has 2 rings (SSSR count). The number of hydrogen-bond donors (Lipinski definition) is 3. The van der Waals surface area contributed by atoms with Crippen molar-refractivity contribution in [3.05, 3.63) is 40.0 Å². The van der Waals surface area contributed by atoms with Gasteiger partial charge in [-0.25, -0.2) is 0 Å². The largest absolute Gasteiger partial charge is 0.313 e. The first-order chi connectivity index (χ1) is 9.94. The molecule has 1 aromatic carbocycles. The second-order valence-electron chi connectivity index (χ2n) is 4.57. The molecule has 0 radical (unpaired) electrons. The van der Waals surface area contributed by atoms with Crippen molar-refractivity contribution in [2.75, 3.05) is 11.3 Å². The van der Waals surface area contributed by atoms with Gasteiger partial charge in [0.15, 0.2) is 5.03 Å². The van der Waals surface area contributed by atoms with Crippen LogP contribution in [0.1, 0.15) is 18.1 Å². The molecule has 6 nitrogen and oxygen atoms in total. The number of hydrogen-bond acceptors (Lipinski definition) is 4. The predicted octanol–water partition coefficient (Wildman–Crippen LogP) is 2.39. The van der Waals surface area contributed by atoms with Gasteiger partial charge in [-0.2, -0.15) is 13.5 Å². The van der Waals surface area contributed by atoms with Gasteiger partial charge in [-0.05, 0) is 37.2 Å². The summed E-state index contributed by atoms with van der Waals surface area (Å²) in [4.78, 5) is 0. The molecule has 1 heterocycles. The van der Waals surface area contributed by atoms with Gasteiger partial charge in [0.2, 0.25) is 0 Å². The third kappa shape index (κ3) is 3.84. The molecule has 21 heavy (non-hydrogen) atoms. The second kappa shape index (κ2) is 6.59. The van der Waals surface area contributed by atoms with E-state index in [0.29, 0.717) is 17.8 Å². The molecule has 0 spiro atoms. The lowest BCUT2D eigenvalue weighted by molar-refractivity contribution is 0.594. The number of benzene rings is 1. The van der Waals surface area contributed by atoms with Crippen molar-refractivity contribution < 1.29 is 8.42 Å². The van der Waals surface area contributed by atoms with Gasteiger partial charge < -0.3 is 5.32 Å². The number of rotatable bonds is 6. The molecule has 0 saturated heterocycles. The highest BCUT2D eigenvalue weighted by atomic mass is 79.9. The van der Waals surface area contributed by atoms with Crippen LogP contribution in [-0.2, 0) is 16.6 Å². The van der Waals surface area contributed by atoms with Crippen LogP contribution < -0.4 is 10.0 Å². The van der Waals surface area contributed by atoms with Gasteiger partial charge in [0.05, 0.1) is 11.9 Å². The summed E-state index contributed by atoms with van der Waals surface area (Å²) in [6.07, 6.45) is 1.52. The Bertz CT molecular complexity index is 728. The molecule has 8 heteroatoms. The summed E-state index contributed by atoms with van der Waals surface area (Å²) >= 11 is 3.35. The first-order valence-corrected chi connectivity index (χ1v) is 8.73.